The van der Waals surface area contributed by atoms with Gasteiger partial charge < -0.3 is 64.5 Å². The van der Waals surface area contributed by atoms with Gasteiger partial charge in [-0.15, -0.1) is 0 Å². The molecular formula is C21H31NO14. The molecule has 0 unspecified atom stereocenters. The molecule has 15 heteroatoms. The molecule has 0 spiro atoms. The zero-order valence-electron chi connectivity index (χ0n) is 18.9. The molecule has 204 valence electrons. The predicted molar refractivity (Wildman–Crippen MR) is 114 cm³/mol. The van der Waals surface area contributed by atoms with Crippen LogP contribution < -0.4 is 10.1 Å². The Hall–Kier alpha value is -2.15. The van der Waals surface area contributed by atoms with E-state index in [1.807, 2.05) is 0 Å². The van der Waals surface area contributed by atoms with Crippen molar-refractivity contribution >= 4 is 6.09 Å². The van der Waals surface area contributed by atoms with E-state index in [1.54, 1.807) is 12.1 Å². The predicted octanol–water partition coefficient (Wildman–Crippen LogP) is -4.13. The van der Waals surface area contributed by atoms with E-state index < -0.39 is 87.4 Å². The minimum atomic E-state index is -1.61. The van der Waals surface area contributed by atoms with Gasteiger partial charge in [-0.05, 0) is 17.7 Å². The second kappa shape index (κ2) is 12.9. The van der Waals surface area contributed by atoms with E-state index in [4.69, 9.17) is 28.8 Å². The Kier molecular flexibility index (Phi) is 10.2. The fourth-order valence-corrected chi connectivity index (χ4v) is 3.55. The van der Waals surface area contributed by atoms with Gasteiger partial charge in [-0.25, -0.2) is 4.79 Å². The fourth-order valence-electron chi connectivity index (χ4n) is 3.55. The van der Waals surface area contributed by atoms with Crippen molar-refractivity contribution in [1.82, 2.24) is 5.32 Å². The molecule has 1 aromatic carbocycles. The summed E-state index contributed by atoms with van der Waals surface area (Å²) >= 11 is 0. The Morgan fingerprint density at radius 1 is 0.778 bits per heavy atom. The summed E-state index contributed by atoms with van der Waals surface area (Å²) in [6.07, 6.45) is -15.2. The average Bonchev–Trinajstić information content (AvgIpc) is 2.88. The van der Waals surface area contributed by atoms with Crippen LogP contribution in [0, 0.1) is 0 Å². The number of amides is 1. The molecule has 0 saturated carbocycles. The normalized spacial score (nSPS) is 36.8. The van der Waals surface area contributed by atoms with Crippen LogP contribution in [0.2, 0.25) is 0 Å². The van der Waals surface area contributed by atoms with Crippen molar-refractivity contribution in [3.8, 4) is 5.75 Å². The maximum absolute atomic E-state index is 11.9. The topological polar surface area (TPSA) is 237 Å². The van der Waals surface area contributed by atoms with Gasteiger partial charge in [0.15, 0.2) is 6.29 Å². The number of carbonyl (C=O) groups is 1. The van der Waals surface area contributed by atoms with Crippen LogP contribution in [0.1, 0.15) is 5.56 Å². The van der Waals surface area contributed by atoms with Crippen molar-refractivity contribution in [3.63, 3.8) is 0 Å². The lowest BCUT2D eigenvalue weighted by atomic mass is 9.99. The van der Waals surface area contributed by atoms with Crippen LogP contribution in [0.5, 0.6) is 5.75 Å². The van der Waals surface area contributed by atoms with Gasteiger partial charge in [-0.3, -0.25) is 5.32 Å². The summed E-state index contributed by atoms with van der Waals surface area (Å²) in [4.78, 5) is 11.9. The second-order valence-corrected chi connectivity index (χ2v) is 8.22. The molecule has 15 nitrogen and oxygen atoms in total. The Morgan fingerprint density at radius 2 is 1.31 bits per heavy atom. The molecule has 0 radical (unpaired) electrons. The summed E-state index contributed by atoms with van der Waals surface area (Å²) in [5.41, 5.74) is 0.557. The standard InChI is InChI=1S/C21H31NO14/c23-5-11-13(25)15(27)17(29)19(35-11)33-8-22-21(31)32-7-9-1-3-10(4-2-9)34-20-18(30)16(28)14(26)12(6-24)36-20/h1-4,11-20,23-30H,5-8H2,(H,22,31)/t11-,12-,13-,14+,15+,16+,17-,18-,19+,20-/m1/s1. The first-order valence-corrected chi connectivity index (χ1v) is 11.0. The molecule has 1 amide bonds. The molecule has 2 aliphatic heterocycles. The highest BCUT2D eigenvalue weighted by molar-refractivity contribution is 5.66. The number of nitrogens with one attached hydrogen (secondary N) is 1. The van der Waals surface area contributed by atoms with Crippen molar-refractivity contribution in [2.24, 2.45) is 0 Å². The molecule has 0 aromatic heterocycles. The van der Waals surface area contributed by atoms with E-state index in [9.17, 15) is 40.5 Å². The molecule has 36 heavy (non-hydrogen) atoms. The molecule has 9 N–H and O–H groups in total. The highest BCUT2D eigenvalue weighted by Gasteiger charge is 2.45. The Balaban J connectivity index is 1.41. The number of benzene rings is 1. The quantitative estimate of drug-likeness (QED) is 0.140. The fraction of sp³-hybridized carbons (Fsp3) is 0.667. The highest BCUT2D eigenvalue weighted by atomic mass is 16.7. The summed E-state index contributed by atoms with van der Waals surface area (Å²) < 4.78 is 26.0. The van der Waals surface area contributed by atoms with Crippen molar-refractivity contribution < 1.29 is 69.3 Å². The van der Waals surface area contributed by atoms with E-state index in [2.05, 4.69) is 5.32 Å². The highest BCUT2D eigenvalue weighted by Crippen LogP contribution is 2.25. The number of hydrogen-bond donors (Lipinski definition) is 9. The Bertz CT molecular complexity index is 823. The molecule has 2 fully saturated rings. The van der Waals surface area contributed by atoms with E-state index in [0.29, 0.717) is 5.56 Å². The van der Waals surface area contributed by atoms with Gasteiger partial charge in [0.1, 0.15) is 67.9 Å². The maximum atomic E-state index is 11.9. The molecule has 1 aromatic rings. The summed E-state index contributed by atoms with van der Waals surface area (Å²) in [7, 11) is 0. The van der Waals surface area contributed by atoms with Crippen LogP contribution in [0.15, 0.2) is 24.3 Å². The number of aliphatic hydroxyl groups is 8. The van der Waals surface area contributed by atoms with Gasteiger partial charge in [0.2, 0.25) is 6.29 Å². The zero-order chi connectivity index (χ0) is 26.4. The summed E-state index contributed by atoms with van der Waals surface area (Å²) in [6, 6.07) is 6.08. The molecule has 3 rings (SSSR count). The van der Waals surface area contributed by atoms with Crippen molar-refractivity contribution in [1.29, 1.82) is 0 Å². The molecule has 0 bridgehead atoms. The minimum Gasteiger partial charge on any atom is -0.462 e. The van der Waals surface area contributed by atoms with Crippen molar-refractivity contribution in [2.45, 2.75) is 68.0 Å². The number of rotatable bonds is 9. The number of carbonyl (C=O) groups excluding carboxylic acids is 1. The lowest BCUT2D eigenvalue weighted by Gasteiger charge is -2.39. The molecule has 0 aliphatic carbocycles. The first-order valence-electron chi connectivity index (χ1n) is 11.0. The van der Waals surface area contributed by atoms with Gasteiger partial charge in [0.05, 0.1) is 13.2 Å². The van der Waals surface area contributed by atoms with Crippen molar-refractivity contribution in [3.05, 3.63) is 29.8 Å². The zero-order valence-corrected chi connectivity index (χ0v) is 18.9. The van der Waals surface area contributed by atoms with Gasteiger partial charge in [0.25, 0.3) is 0 Å². The second-order valence-electron chi connectivity index (χ2n) is 8.22. The van der Waals surface area contributed by atoms with Crippen LogP contribution in [0.25, 0.3) is 0 Å². The van der Waals surface area contributed by atoms with Crippen LogP contribution in [0.3, 0.4) is 0 Å². The van der Waals surface area contributed by atoms with Gasteiger partial charge in [0, 0.05) is 0 Å². The summed E-state index contributed by atoms with van der Waals surface area (Å²) in [6.45, 7) is -1.82. The minimum absolute atomic E-state index is 0.147. The summed E-state index contributed by atoms with van der Waals surface area (Å²) in [5.74, 6) is 0.237. The van der Waals surface area contributed by atoms with Crippen LogP contribution in [-0.2, 0) is 25.6 Å². The lowest BCUT2D eigenvalue weighted by molar-refractivity contribution is -0.301. The van der Waals surface area contributed by atoms with E-state index in [-0.39, 0.29) is 12.4 Å². The number of alkyl carbamates (subject to hydrolysis) is 1. The SMILES string of the molecule is O=C(NCO[C@H]1O[C@H](CO)[C@@H](O)[C@H](O)[C@H]1O)OCc1ccc(O[C@@H]2O[C@H](CO)[C@H](O)[C@H](O)[C@H]2O)cc1. The van der Waals surface area contributed by atoms with Crippen LogP contribution in [0.4, 0.5) is 4.79 Å². The van der Waals surface area contributed by atoms with Gasteiger partial charge in [-0.1, -0.05) is 12.1 Å². The number of ether oxygens (including phenoxy) is 5. The molecular weight excluding hydrogens is 490 g/mol. The molecule has 10 atom stereocenters. The third-order valence-electron chi connectivity index (χ3n) is 5.71. The number of hydrogen-bond acceptors (Lipinski definition) is 14. The molecule has 2 heterocycles. The van der Waals surface area contributed by atoms with Gasteiger partial charge in [-0.2, -0.15) is 0 Å². The Labute approximate surface area is 205 Å². The molecule has 2 aliphatic rings. The lowest BCUT2D eigenvalue weighted by Crippen LogP contribution is -2.60. The molecule has 2 saturated heterocycles. The van der Waals surface area contributed by atoms with E-state index >= 15 is 0 Å². The third kappa shape index (κ3) is 6.78. The van der Waals surface area contributed by atoms with Crippen LogP contribution in [-0.4, -0.2) is 128 Å². The summed E-state index contributed by atoms with van der Waals surface area (Å²) in [5, 5.41) is 79.6. The van der Waals surface area contributed by atoms with E-state index in [1.165, 1.54) is 12.1 Å². The van der Waals surface area contributed by atoms with Crippen LogP contribution >= 0.6 is 0 Å². The average molecular weight is 521 g/mol. The maximum Gasteiger partial charge on any atom is 0.409 e. The van der Waals surface area contributed by atoms with Crippen molar-refractivity contribution in [2.75, 3.05) is 19.9 Å². The number of aliphatic hydroxyl groups excluding tert-OH is 8. The first-order chi connectivity index (χ1) is 17.2. The first kappa shape index (κ1) is 28.4. The Morgan fingerprint density at radius 3 is 1.86 bits per heavy atom. The van der Waals surface area contributed by atoms with E-state index in [0.717, 1.165) is 0 Å². The largest absolute Gasteiger partial charge is 0.462 e. The monoisotopic (exact) mass is 521 g/mol. The third-order valence-corrected chi connectivity index (χ3v) is 5.71. The van der Waals surface area contributed by atoms with Gasteiger partial charge >= 0.3 is 6.09 Å². The smallest absolute Gasteiger partial charge is 0.409 e.